The fraction of sp³-hybridized carbons (Fsp3) is 0.200. The number of rotatable bonds is 4. The van der Waals surface area contributed by atoms with Crippen LogP contribution in [0.4, 0.5) is 4.39 Å². The first-order chi connectivity index (χ1) is 9.60. The monoisotopic (exact) mass is 295 g/mol. The highest BCUT2D eigenvalue weighted by molar-refractivity contribution is 6.31. The lowest BCUT2D eigenvalue weighted by atomic mass is 9.98. The summed E-state index contributed by atoms with van der Waals surface area (Å²) in [4.78, 5) is 0. The molecule has 0 atom stereocenters. The summed E-state index contributed by atoms with van der Waals surface area (Å²) in [7, 11) is 3.12. The first kappa shape index (κ1) is 14.6. The third-order valence-electron chi connectivity index (χ3n) is 3.06. The Balaban J connectivity index is 2.62. The average Bonchev–Trinajstić information content (AvgIpc) is 2.48. The maximum absolute atomic E-state index is 13.3. The summed E-state index contributed by atoms with van der Waals surface area (Å²) in [6.45, 7) is 0.324. The van der Waals surface area contributed by atoms with Crippen molar-refractivity contribution < 1.29 is 13.9 Å². The number of benzene rings is 2. The van der Waals surface area contributed by atoms with Crippen molar-refractivity contribution in [1.82, 2.24) is 0 Å². The molecule has 0 unspecified atom stereocenters. The first-order valence-corrected chi connectivity index (χ1v) is 6.39. The molecule has 0 fully saturated rings. The Morgan fingerprint density at radius 1 is 1.10 bits per heavy atom. The van der Waals surface area contributed by atoms with Crippen LogP contribution in [0, 0.1) is 5.82 Å². The summed E-state index contributed by atoms with van der Waals surface area (Å²) in [5.41, 5.74) is 8.25. The summed E-state index contributed by atoms with van der Waals surface area (Å²) < 4.78 is 23.8. The number of methoxy groups -OCH3 is 2. The molecule has 0 spiro atoms. The molecular formula is C15H15ClFNO2. The van der Waals surface area contributed by atoms with Crippen LogP contribution in [0.2, 0.25) is 5.02 Å². The van der Waals surface area contributed by atoms with Crippen molar-refractivity contribution in [1.29, 1.82) is 0 Å². The van der Waals surface area contributed by atoms with Gasteiger partial charge in [0.15, 0.2) is 11.5 Å². The Hall–Kier alpha value is -1.78. The molecule has 2 rings (SSSR count). The molecule has 20 heavy (non-hydrogen) atoms. The molecule has 0 amide bonds. The standard InChI is InChI=1S/C15H15ClFNO2/c1-19-14-6-10(8-18)11(7-15(14)20-2)9-3-4-13(17)12(16)5-9/h3-7H,8,18H2,1-2H3. The van der Waals surface area contributed by atoms with Crippen LogP contribution in [0.5, 0.6) is 11.5 Å². The maximum Gasteiger partial charge on any atom is 0.161 e. The Bertz CT molecular complexity index is 632. The molecule has 0 saturated heterocycles. The van der Waals surface area contributed by atoms with Crippen LogP contribution in [-0.4, -0.2) is 14.2 Å². The van der Waals surface area contributed by atoms with Gasteiger partial charge in [-0.05, 0) is 41.0 Å². The SMILES string of the molecule is COc1cc(CN)c(-c2ccc(F)c(Cl)c2)cc1OC. The van der Waals surface area contributed by atoms with E-state index >= 15 is 0 Å². The Labute approximate surface area is 122 Å². The molecule has 2 N–H and O–H groups in total. The van der Waals surface area contributed by atoms with E-state index in [-0.39, 0.29) is 5.02 Å². The number of ether oxygens (including phenoxy) is 2. The van der Waals surface area contributed by atoms with E-state index in [1.165, 1.54) is 6.07 Å². The number of hydrogen-bond acceptors (Lipinski definition) is 3. The maximum atomic E-state index is 13.3. The summed E-state index contributed by atoms with van der Waals surface area (Å²) in [5, 5.41) is 0.0697. The predicted molar refractivity (Wildman–Crippen MR) is 77.8 cm³/mol. The van der Waals surface area contributed by atoms with Gasteiger partial charge >= 0.3 is 0 Å². The molecule has 0 bridgehead atoms. The quantitative estimate of drug-likeness (QED) is 0.937. The molecule has 0 aliphatic rings. The fourth-order valence-electron chi connectivity index (χ4n) is 2.02. The van der Waals surface area contributed by atoms with Crippen LogP contribution in [0.15, 0.2) is 30.3 Å². The molecule has 0 radical (unpaired) electrons. The van der Waals surface area contributed by atoms with E-state index in [0.29, 0.717) is 18.0 Å². The van der Waals surface area contributed by atoms with Crippen molar-refractivity contribution in [2.45, 2.75) is 6.54 Å². The van der Waals surface area contributed by atoms with Crippen LogP contribution < -0.4 is 15.2 Å². The number of nitrogens with two attached hydrogens (primary N) is 1. The Kier molecular flexibility index (Phi) is 4.47. The fourth-order valence-corrected chi connectivity index (χ4v) is 2.20. The van der Waals surface area contributed by atoms with Crippen LogP contribution >= 0.6 is 11.6 Å². The molecule has 0 aromatic heterocycles. The van der Waals surface area contributed by atoms with Crippen molar-refractivity contribution in [3.05, 3.63) is 46.7 Å². The number of halogens is 2. The third-order valence-corrected chi connectivity index (χ3v) is 3.35. The van der Waals surface area contributed by atoms with Gasteiger partial charge in [-0.25, -0.2) is 4.39 Å². The highest BCUT2D eigenvalue weighted by Gasteiger charge is 2.13. The minimum Gasteiger partial charge on any atom is -0.493 e. The summed E-state index contributed by atoms with van der Waals surface area (Å²) in [6, 6.07) is 8.17. The lowest BCUT2D eigenvalue weighted by Crippen LogP contribution is -2.01. The van der Waals surface area contributed by atoms with E-state index < -0.39 is 5.82 Å². The summed E-state index contributed by atoms with van der Waals surface area (Å²) in [5.74, 6) is 0.732. The minimum absolute atomic E-state index is 0.0697. The molecule has 0 aliphatic heterocycles. The van der Waals surface area contributed by atoms with E-state index in [2.05, 4.69) is 0 Å². The molecule has 2 aromatic rings. The average molecular weight is 296 g/mol. The van der Waals surface area contributed by atoms with Crippen LogP contribution in [-0.2, 0) is 6.54 Å². The van der Waals surface area contributed by atoms with Gasteiger partial charge in [-0.15, -0.1) is 0 Å². The third kappa shape index (κ3) is 2.71. The molecule has 2 aromatic carbocycles. The van der Waals surface area contributed by atoms with Gasteiger partial charge < -0.3 is 15.2 Å². The van der Waals surface area contributed by atoms with Crippen molar-refractivity contribution in [2.75, 3.05) is 14.2 Å². The summed E-state index contributed by atoms with van der Waals surface area (Å²) >= 11 is 5.83. The van der Waals surface area contributed by atoms with Gasteiger partial charge in [0, 0.05) is 6.54 Å². The van der Waals surface area contributed by atoms with Gasteiger partial charge in [0.1, 0.15) is 5.82 Å². The van der Waals surface area contributed by atoms with Crippen molar-refractivity contribution in [3.8, 4) is 22.6 Å². The highest BCUT2D eigenvalue weighted by Crippen LogP contribution is 2.36. The predicted octanol–water partition coefficient (Wildman–Crippen LogP) is 3.62. The minimum atomic E-state index is -0.454. The molecule has 3 nitrogen and oxygen atoms in total. The van der Waals surface area contributed by atoms with E-state index in [0.717, 1.165) is 16.7 Å². The molecule has 106 valence electrons. The van der Waals surface area contributed by atoms with Gasteiger partial charge in [-0.2, -0.15) is 0 Å². The van der Waals surface area contributed by atoms with Crippen LogP contribution in [0.25, 0.3) is 11.1 Å². The zero-order chi connectivity index (χ0) is 14.7. The second-order valence-corrected chi connectivity index (χ2v) is 4.60. The van der Waals surface area contributed by atoms with Crippen LogP contribution in [0.3, 0.4) is 0 Å². The van der Waals surface area contributed by atoms with Crippen molar-refractivity contribution in [2.24, 2.45) is 5.73 Å². The molecule has 0 heterocycles. The lowest BCUT2D eigenvalue weighted by molar-refractivity contribution is 0.354. The van der Waals surface area contributed by atoms with Gasteiger partial charge in [-0.3, -0.25) is 0 Å². The molecular weight excluding hydrogens is 281 g/mol. The van der Waals surface area contributed by atoms with Crippen LogP contribution in [0.1, 0.15) is 5.56 Å². The lowest BCUT2D eigenvalue weighted by Gasteiger charge is -2.14. The zero-order valence-electron chi connectivity index (χ0n) is 11.2. The van der Waals surface area contributed by atoms with E-state index in [1.54, 1.807) is 26.4 Å². The Morgan fingerprint density at radius 3 is 2.30 bits per heavy atom. The van der Waals surface area contributed by atoms with Gasteiger partial charge in [0.05, 0.1) is 19.2 Å². The largest absolute Gasteiger partial charge is 0.493 e. The smallest absolute Gasteiger partial charge is 0.161 e. The topological polar surface area (TPSA) is 44.5 Å². The Morgan fingerprint density at radius 2 is 1.75 bits per heavy atom. The molecule has 0 aliphatic carbocycles. The van der Waals surface area contributed by atoms with Crippen molar-refractivity contribution >= 4 is 11.6 Å². The van der Waals surface area contributed by atoms with Gasteiger partial charge in [0.25, 0.3) is 0 Å². The first-order valence-electron chi connectivity index (χ1n) is 6.01. The normalized spacial score (nSPS) is 10.4. The highest BCUT2D eigenvalue weighted by atomic mass is 35.5. The second kappa shape index (κ2) is 6.11. The van der Waals surface area contributed by atoms with E-state index in [9.17, 15) is 4.39 Å². The van der Waals surface area contributed by atoms with Gasteiger partial charge in [-0.1, -0.05) is 17.7 Å². The summed E-state index contributed by atoms with van der Waals surface area (Å²) in [6.07, 6.45) is 0. The second-order valence-electron chi connectivity index (χ2n) is 4.20. The zero-order valence-corrected chi connectivity index (χ0v) is 12.0. The molecule has 0 saturated carbocycles. The van der Waals surface area contributed by atoms with E-state index in [1.807, 2.05) is 12.1 Å². The van der Waals surface area contributed by atoms with Crippen molar-refractivity contribution in [3.63, 3.8) is 0 Å². The van der Waals surface area contributed by atoms with E-state index in [4.69, 9.17) is 26.8 Å². The van der Waals surface area contributed by atoms with Gasteiger partial charge in [0.2, 0.25) is 0 Å². The number of hydrogen-bond donors (Lipinski definition) is 1. The molecule has 5 heteroatoms.